The number of hydrogen-bond acceptors (Lipinski definition) is 6. The first-order valence-electron chi connectivity index (χ1n) is 11.3. The fourth-order valence-electron chi connectivity index (χ4n) is 3.93. The summed E-state index contributed by atoms with van der Waals surface area (Å²) in [6, 6.07) is 2.62. The Bertz CT molecular complexity index is 1320. The molecule has 1 aromatic carbocycles. The van der Waals surface area contributed by atoms with Crippen molar-refractivity contribution in [3.8, 4) is 0 Å². The number of fused-ring (bicyclic) bond motifs is 2. The average Bonchev–Trinajstić information content (AvgIpc) is 3.06. The summed E-state index contributed by atoms with van der Waals surface area (Å²) in [6.45, 7) is 8.87. The van der Waals surface area contributed by atoms with E-state index in [9.17, 15) is 24.3 Å². The summed E-state index contributed by atoms with van der Waals surface area (Å²) >= 11 is 0. The second kappa shape index (κ2) is 10.1. The number of hydrogen-bond donors (Lipinski definition) is 3. The number of amides is 2. The molecular formula is C25H30N2O7. The number of carbonyl (C=O) groups is 3. The minimum Gasteiger partial charge on any atom is -0.480 e. The summed E-state index contributed by atoms with van der Waals surface area (Å²) in [5.41, 5.74) is 2.69. The smallest absolute Gasteiger partial charge is 0.339 e. The zero-order valence-electron chi connectivity index (χ0n) is 20.0. The topological polar surface area (TPSA) is 139 Å². The van der Waals surface area contributed by atoms with E-state index < -0.39 is 29.5 Å². The lowest BCUT2D eigenvalue weighted by Gasteiger charge is -2.20. The van der Waals surface area contributed by atoms with Crippen LogP contribution in [-0.2, 0) is 20.8 Å². The van der Waals surface area contributed by atoms with Crippen molar-refractivity contribution in [3.63, 3.8) is 0 Å². The molecule has 0 aliphatic heterocycles. The quantitative estimate of drug-likeness (QED) is 0.408. The number of carboxylic acid groups (broad SMARTS) is 1. The van der Waals surface area contributed by atoms with Gasteiger partial charge in [-0.1, -0.05) is 20.3 Å². The van der Waals surface area contributed by atoms with Gasteiger partial charge in [-0.05, 0) is 50.3 Å². The van der Waals surface area contributed by atoms with Gasteiger partial charge in [-0.3, -0.25) is 9.59 Å². The highest BCUT2D eigenvalue weighted by molar-refractivity contribution is 5.97. The molecule has 34 heavy (non-hydrogen) atoms. The Morgan fingerprint density at radius 1 is 1.00 bits per heavy atom. The van der Waals surface area contributed by atoms with E-state index in [1.165, 1.54) is 0 Å². The van der Waals surface area contributed by atoms with Gasteiger partial charge in [0.25, 0.3) is 0 Å². The van der Waals surface area contributed by atoms with Gasteiger partial charge in [0.2, 0.25) is 11.8 Å². The third-order valence-corrected chi connectivity index (χ3v) is 6.43. The Kier molecular flexibility index (Phi) is 7.44. The monoisotopic (exact) mass is 470 g/mol. The van der Waals surface area contributed by atoms with E-state index >= 15 is 0 Å². The van der Waals surface area contributed by atoms with Crippen molar-refractivity contribution >= 4 is 39.7 Å². The molecule has 0 saturated carbocycles. The first-order valence-corrected chi connectivity index (χ1v) is 11.3. The summed E-state index contributed by atoms with van der Waals surface area (Å²) in [5, 5.41) is 15.9. The van der Waals surface area contributed by atoms with Crippen LogP contribution < -0.4 is 16.3 Å². The Morgan fingerprint density at radius 2 is 1.65 bits per heavy atom. The molecule has 0 unspecified atom stereocenters. The van der Waals surface area contributed by atoms with Crippen molar-refractivity contribution in [2.75, 3.05) is 6.54 Å². The molecule has 0 fully saturated rings. The summed E-state index contributed by atoms with van der Waals surface area (Å²) in [7, 11) is 0. The van der Waals surface area contributed by atoms with Crippen molar-refractivity contribution in [1.29, 1.82) is 0 Å². The van der Waals surface area contributed by atoms with Gasteiger partial charge >= 0.3 is 11.6 Å². The minimum atomic E-state index is -1.12. The largest absolute Gasteiger partial charge is 0.480 e. The molecule has 3 N–H and O–H groups in total. The third kappa shape index (κ3) is 5.13. The molecule has 0 bridgehead atoms. The molecule has 0 radical (unpaired) electrons. The van der Waals surface area contributed by atoms with E-state index in [-0.39, 0.29) is 25.3 Å². The maximum absolute atomic E-state index is 12.6. The maximum Gasteiger partial charge on any atom is 0.339 e. The number of nitrogens with one attached hydrogen (secondary N) is 2. The van der Waals surface area contributed by atoms with E-state index in [1.807, 2.05) is 33.8 Å². The molecule has 3 rings (SSSR count). The maximum atomic E-state index is 12.6. The van der Waals surface area contributed by atoms with Gasteiger partial charge in [-0.2, -0.15) is 0 Å². The van der Waals surface area contributed by atoms with Crippen LogP contribution in [0.4, 0.5) is 0 Å². The molecule has 2 heterocycles. The van der Waals surface area contributed by atoms with Gasteiger partial charge in [0, 0.05) is 28.8 Å². The Labute approximate surface area is 196 Å². The summed E-state index contributed by atoms with van der Waals surface area (Å²) < 4.78 is 11.2. The third-order valence-electron chi connectivity index (χ3n) is 6.43. The molecule has 2 aromatic heterocycles. The van der Waals surface area contributed by atoms with Crippen LogP contribution in [0.5, 0.6) is 0 Å². The first-order chi connectivity index (χ1) is 16.0. The lowest BCUT2D eigenvalue weighted by atomic mass is 9.99. The second-order valence-electron chi connectivity index (χ2n) is 8.67. The highest BCUT2D eigenvalue weighted by atomic mass is 16.4. The summed E-state index contributed by atoms with van der Waals surface area (Å²) in [4.78, 5) is 48.3. The van der Waals surface area contributed by atoms with E-state index in [1.54, 1.807) is 13.0 Å². The van der Waals surface area contributed by atoms with Crippen molar-refractivity contribution in [2.45, 2.75) is 59.9 Å². The number of benzene rings is 1. The van der Waals surface area contributed by atoms with Crippen molar-refractivity contribution in [3.05, 3.63) is 45.0 Å². The van der Waals surface area contributed by atoms with Gasteiger partial charge in [-0.15, -0.1) is 0 Å². The van der Waals surface area contributed by atoms with Gasteiger partial charge in [0.1, 0.15) is 23.0 Å². The molecule has 9 heteroatoms. The van der Waals surface area contributed by atoms with Gasteiger partial charge in [-0.25, -0.2) is 9.59 Å². The Morgan fingerprint density at radius 3 is 2.29 bits per heavy atom. The van der Waals surface area contributed by atoms with Gasteiger partial charge in [0.15, 0.2) is 0 Å². The van der Waals surface area contributed by atoms with Gasteiger partial charge in [0.05, 0.1) is 6.54 Å². The Hall–Kier alpha value is -3.62. The van der Waals surface area contributed by atoms with Crippen LogP contribution in [0.15, 0.2) is 25.8 Å². The predicted octanol–water partition coefficient (Wildman–Crippen LogP) is 3.13. The van der Waals surface area contributed by atoms with Crippen molar-refractivity contribution < 1.29 is 28.3 Å². The minimum absolute atomic E-state index is 0.0236. The number of aryl methyl sites for hydroxylation is 3. The summed E-state index contributed by atoms with van der Waals surface area (Å²) in [6.07, 6.45) is 0.705. The molecule has 2 atom stereocenters. The normalized spacial score (nSPS) is 13.1. The van der Waals surface area contributed by atoms with Crippen LogP contribution in [0.25, 0.3) is 21.9 Å². The van der Waals surface area contributed by atoms with Crippen LogP contribution in [0.1, 0.15) is 49.1 Å². The highest BCUT2D eigenvalue weighted by Gasteiger charge is 2.25. The van der Waals surface area contributed by atoms with Crippen LogP contribution in [-0.4, -0.2) is 35.5 Å². The molecule has 182 valence electrons. The van der Waals surface area contributed by atoms with Crippen LogP contribution in [0, 0.1) is 26.7 Å². The number of carbonyl (C=O) groups excluding carboxylic acids is 2. The van der Waals surface area contributed by atoms with E-state index in [0.29, 0.717) is 23.2 Å². The number of aliphatic carboxylic acids is 1. The lowest BCUT2D eigenvalue weighted by molar-refractivity contribution is -0.143. The van der Waals surface area contributed by atoms with Crippen molar-refractivity contribution in [2.24, 2.45) is 5.92 Å². The predicted molar refractivity (Wildman–Crippen MR) is 127 cm³/mol. The molecule has 0 aliphatic rings. The SMILES string of the molecule is CC[C@H](C)[C@H](NC(=O)CNC(=O)CCc1c(C)c2cc3c(C)c(C)oc3cc2oc1=O)C(=O)O. The van der Waals surface area contributed by atoms with Crippen LogP contribution in [0.3, 0.4) is 0 Å². The van der Waals surface area contributed by atoms with Gasteiger partial charge < -0.3 is 24.6 Å². The second-order valence-corrected chi connectivity index (χ2v) is 8.67. The molecule has 0 aliphatic carbocycles. The average molecular weight is 471 g/mol. The number of furan rings is 1. The zero-order valence-corrected chi connectivity index (χ0v) is 20.0. The zero-order chi connectivity index (χ0) is 25.2. The first kappa shape index (κ1) is 25.0. The molecule has 9 nitrogen and oxygen atoms in total. The number of rotatable bonds is 9. The number of carboxylic acids is 1. The Balaban J connectivity index is 1.67. The lowest BCUT2D eigenvalue weighted by Crippen LogP contribution is -2.48. The van der Waals surface area contributed by atoms with Crippen molar-refractivity contribution in [1.82, 2.24) is 10.6 Å². The van der Waals surface area contributed by atoms with E-state index in [4.69, 9.17) is 8.83 Å². The molecule has 0 spiro atoms. The molecule has 3 aromatic rings. The van der Waals surface area contributed by atoms with E-state index in [2.05, 4.69) is 10.6 Å². The fourth-order valence-corrected chi connectivity index (χ4v) is 3.93. The summed E-state index contributed by atoms with van der Waals surface area (Å²) in [5.74, 6) is -1.59. The van der Waals surface area contributed by atoms with E-state index in [0.717, 1.165) is 27.7 Å². The fraction of sp³-hybridized carbons (Fsp3) is 0.440. The van der Waals surface area contributed by atoms with Crippen LogP contribution in [0.2, 0.25) is 0 Å². The highest BCUT2D eigenvalue weighted by Crippen LogP contribution is 2.31. The standard InChI is InChI=1S/C25H30N2O7/c1-6-12(2)23(24(30)31)27-22(29)11-26-21(28)8-7-16-14(4)18-9-17-13(3)15(5)33-19(17)10-20(18)34-25(16)32/h9-10,12,23H,6-8,11H2,1-5H3,(H,26,28)(H,27,29)(H,30,31)/t12-,23-/m0/s1. The molecule has 0 saturated heterocycles. The molecule has 2 amide bonds. The molecular weight excluding hydrogens is 440 g/mol. The van der Waals surface area contributed by atoms with Crippen LogP contribution >= 0.6 is 0 Å².